The number of ether oxygens (including phenoxy) is 1. The Hall–Kier alpha value is -2.20. The van der Waals surface area contributed by atoms with Crippen molar-refractivity contribution in [3.8, 4) is 5.75 Å². The van der Waals surface area contributed by atoms with E-state index in [-0.39, 0.29) is 11.4 Å². The van der Waals surface area contributed by atoms with E-state index in [2.05, 4.69) is 4.99 Å². The smallest absolute Gasteiger partial charge is 0.266 e. The van der Waals surface area contributed by atoms with Crippen LogP contribution in [-0.4, -0.2) is 42.9 Å². The van der Waals surface area contributed by atoms with Crippen molar-refractivity contribution in [3.05, 3.63) is 52.3 Å². The third kappa shape index (κ3) is 3.66. The van der Waals surface area contributed by atoms with Gasteiger partial charge in [0.1, 0.15) is 11.8 Å². The van der Waals surface area contributed by atoms with Crippen LogP contribution in [0.5, 0.6) is 5.75 Å². The van der Waals surface area contributed by atoms with Gasteiger partial charge in [-0.3, -0.25) is 4.79 Å². The van der Waals surface area contributed by atoms with Crippen LogP contribution in [0.3, 0.4) is 0 Å². The number of carbonyl (C=O) groups is 1. The lowest BCUT2D eigenvalue weighted by atomic mass is 10.2. The maximum absolute atomic E-state index is 13.1. The molecule has 1 fully saturated rings. The zero-order chi connectivity index (χ0) is 21.5. The van der Waals surface area contributed by atoms with Crippen molar-refractivity contribution >= 4 is 49.1 Å². The number of halogens is 1. The number of methoxy groups -OCH3 is 1. The van der Waals surface area contributed by atoms with Crippen molar-refractivity contribution in [2.75, 3.05) is 13.7 Å². The number of aromatic nitrogens is 1. The first-order valence-electron chi connectivity index (χ1n) is 9.31. The van der Waals surface area contributed by atoms with Crippen LogP contribution >= 0.6 is 22.9 Å². The van der Waals surface area contributed by atoms with E-state index in [1.165, 1.54) is 34.9 Å². The number of hydrogen-bond acceptors (Lipinski definition) is 5. The minimum Gasteiger partial charge on any atom is -0.497 e. The predicted molar refractivity (Wildman–Crippen MR) is 116 cm³/mol. The van der Waals surface area contributed by atoms with E-state index >= 15 is 0 Å². The number of fused-ring (bicyclic) bond motifs is 1. The number of para-hydroxylation sites is 1. The molecule has 158 valence electrons. The molecule has 30 heavy (non-hydrogen) atoms. The maximum Gasteiger partial charge on any atom is 0.266 e. The minimum atomic E-state index is -3.82. The van der Waals surface area contributed by atoms with E-state index in [0.717, 1.165) is 10.2 Å². The van der Waals surface area contributed by atoms with Gasteiger partial charge in [-0.15, -0.1) is 0 Å². The van der Waals surface area contributed by atoms with Gasteiger partial charge in [0.2, 0.25) is 10.0 Å². The molecule has 10 heteroatoms. The number of aryl methyl sites for hydroxylation is 1. The Morgan fingerprint density at radius 3 is 2.63 bits per heavy atom. The van der Waals surface area contributed by atoms with Gasteiger partial charge in [-0.05, 0) is 49.2 Å². The maximum atomic E-state index is 13.1. The molecule has 1 aliphatic rings. The fourth-order valence-electron chi connectivity index (χ4n) is 3.59. The largest absolute Gasteiger partial charge is 0.497 e. The second-order valence-corrected chi connectivity index (χ2v) is 10.2. The van der Waals surface area contributed by atoms with E-state index in [4.69, 9.17) is 16.3 Å². The quantitative estimate of drug-likeness (QED) is 0.592. The second-order valence-electron chi connectivity index (χ2n) is 6.93. The van der Waals surface area contributed by atoms with Crippen LogP contribution in [0.1, 0.15) is 12.8 Å². The van der Waals surface area contributed by atoms with Crippen LogP contribution in [0.4, 0.5) is 0 Å². The zero-order valence-corrected chi connectivity index (χ0v) is 18.8. The average molecular weight is 466 g/mol. The van der Waals surface area contributed by atoms with Gasteiger partial charge in [0.25, 0.3) is 5.91 Å². The van der Waals surface area contributed by atoms with Gasteiger partial charge < -0.3 is 9.30 Å². The number of carbonyl (C=O) groups excluding carboxylic acids is 1. The highest BCUT2D eigenvalue weighted by atomic mass is 35.5. The normalized spacial score (nSPS) is 18.2. The molecule has 0 radical (unpaired) electrons. The third-order valence-electron chi connectivity index (χ3n) is 5.13. The van der Waals surface area contributed by atoms with Gasteiger partial charge in [0.05, 0.1) is 27.2 Å². The molecule has 0 spiro atoms. The lowest BCUT2D eigenvalue weighted by Crippen LogP contribution is -2.40. The van der Waals surface area contributed by atoms with Crippen molar-refractivity contribution in [2.45, 2.75) is 23.8 Å². The summed E-state index contributed by atoms with van der Waals surface area (Å²) >= 11 is 7.62. The molecule has 0 saturated carbocycles. The SMILES string of the molecule is COc1ccc(S(=O)(=O)N2CCCC2C(=O)N=c2sc3cccc(Cl)c3n2C)cc1. The van der Waals surface area contributed by atoms with Crippen molar-refractivity contribution in [3.63, 3.8) is 0 Å². The first-order valence-corrected chi connectivity index (χ1v) is 11.9. The molecule has 0 aliphatic carbocycles. The van der Waals surface area contributed by atoms with Crippen LogP contribution in [0.2, 0.25) is 5.02 Å². The van der Waals surface area contributed by atoms with Gasteiger partial charge in [-0.25, -0.2) is 8.42 Å². The van der Waals surface area contributed by atoms with Gasteiger partial charge in [0.15, 0.2) is 4.80 Å². The number of nitrogens with zero attached hydrogens (tertiary/aromatic N) is 3. The van der Waals surface area contributed by atoms with Crippen molar-refractivity contribution in [1.82, 2.24) is 8.87 Å². The van der Waals surface area contributed by atoms with Crippen molar-refractivity contribution in [1.29, 1.82) is 0 Å². The molecule has 1 aliphatic heterocycles. The molecule has 2 heterocycles. The molecular weight excluding hydrogens is 446 g/mol. The van der Waals surface area contributed by atoms with E-state index < -0.39 is 22.0 Å². The highest BCUT2D eigenvalue weighted by Crippen LogP contribution is 2.28. The standard InChI is InChI=1S/C20H20ClN3O4S2/c1-23-18-15(21)5-3-7-17(18)29-20(23)22-19(25)16-6-4-12-24(16)30(26,27)14-10-8-13(28-2)9-11-14/h3,5,7-11,16H,4,6,12H2,1-2H3. The summed E-state index contributed by atoms with van der Waals surface area (Å²) in [7, 11) is -0.515. The average Bonchev–Trinajstić information content (AvgIpc) is 3.35. The first-order chi connectivity index (χ1) is 14.3. The van der Waals surface area contributed by atoms with Crippen molar-refractivity contribution in [2.24, 2.45) is 12.0 Å². The number of hydrogen-bond donors (Lipinski definition) is 0. The molecule has 1 saturated heterocycles. The molecule has 1 unspecified atom stereocenters. The van der Waals surface area contributed by atoms with E-state index in [1.807, 2.05) is 12.1 Å². The number of amides is 1. The first kappa shape index (κ1) is 21.0. The number of rotatable bonds is 4. The molecule has 4 rings (SSSR count). The monoisotopic (exact) mass is 465 g/mol. The van der Waals surface area contributed by atoms with Crippen LogP contribution < -0.4 is 9.54 Å². The molecule has 2 aromatic carbocycles. The fourth-order valence-corrected chi connectivity index (χ4v) is 6.65. The molecular formula is C20H20ClN3O4S2. The Labute approximate surface area is 183 Å². The molecule has 0 bridgehead atoms. The topological polar surface area (TPSA) is 81.0 Å². The van der Waals surface area contributed by atoms with Crippen LogP contribution in [0, 0.1) is 0 Å². The molecule has 0 N–H and O–H groups in total. The van der Waals surface area contributed by atoms with Gasteiger partial charge in [-0.2, -0.15) is 9.30 Å². The summed E-state index contributed by atoms with van der Waals surface area (Å²) in [5, 5.41) is 0.574. The summed E-state index contributed by atoms with van der Waals surface area (Å²) in [6.07, 6.45) is 1.04. The molecule has 1 aromatic heterocycles. The zero-order valence-electron chi connectivity index (χ0n) is 16.4. The summed E-state index contributed by atoms with van der Waals surface area (Å²) in [5.74, 6) is 0.0942. The second kappa shape index (κ2) is 8.14. The lowest BCUT2D eigenvalue weighted by molar-refractivity contribution is -0.121. The van der Waals surface area contributed by atoms with Crippen molar-refractivity contribution < 1.29 is 17.9 Å². The van der Waals surface area contributed by atoms with Crippen LogP contribution in [0.15, 0.2) is 52.4 Å². The molecule has 1 amide bonds. The summed E-state index contributed by atoms with van der Waals surface area (Å²) < 4.78 is 35.3. The lowest BCUT2D eigenvalue weighted by Gasteiger charge is -2.21. The van der Waals surface area contributed by atoms with Gasteiger partial charge >= 0.3 is 0 Å². The third-order valence-corrected chi connectivity index (χ3v) is 8.46. The van der Waals surface area contributed by atoms with E-state index in [0.29, 0.717) is 28.4 Å². The minimum absolute atomic E-state index is 0.127. The highest BCUT2D eigenvalue weighted by Gasteiger charge is 2.39. The van der Waals surface area contributed by atoms with Crippen LogP contribution in [0.25, 0.3) is 10.2 Å². The summed E-state index contributed by atoms with van der Waals surface area (Å²) in [5.41, 5.74) is 0.796. The van der Waals surface area contributed by atoms with Gasteiger partial charge in [-0.1, -0.05) is 29.0 Å². The Morgan fingerprint density at radius 2 is 1.97 bits per heavy atom. The van der Waals surface area contributed by atoms with E-state index in [1.54, 1.807) is 29.8 Å². The Bertz CT molecular complexity index is 1280. The Morgan fingerprint density at radius 1 is 1.23 bits per heavy atom. The number of benzene rings is 2. The summed E-state index contributed by atoms with van der Waals surface area (Å²) in [6, 6.07) is 10.9. The summed E-state index contributed by atoms with van der Waals surface area (Å²) in [6.45, 7) is 0.282. The highest BCUT2D eigenvalue weighted by molar-refractivity contribution is 7.89. The Kier molecular flexibility index (Phi) is 5.71. The van der Waals surface area contributed by atoms with Gasteiger partial charge in [0, 0.05) is 13.6 Å². The fraction of sp³-hybridized carbons (Fsp3) is 0.300. The Balaban J connectivity index is 1.68. The molecule has 3 aromatic rings. The predicted octanol–water partition coefficient (Wildman–Crippen LogP) is 3.18. The molecule has 7 nitrogen and oxygen atoms in total. The number of thiazole rings is 1. The van der Waals surface area contributed by atoms with E-state index in [9.17, 15) is 13.2 Å². The summed E-state index contributed by atoms with van der Waals surface area (Å²) in [4.78, 5) is 17.9. The molecule has 1 atom stereocenters. The number of sulfonamides is 1. The van der Waals surface area contributed by atoms with Crippen LogP contribution in [-0.2, 0) is 21.9 Å².